The Morgan fingerprint density at radius 2 is 1.42 bits per heavy atom. The summed E-state index contributed by atoms with van der Waals surface area (Å²) in [4.78, 5) is 42.7. The van der Waals surface area contributed by atoms with Crippen molar-refractivity contribution < 1.29 is 33.8 Å². The van der Waals surface area contributed by atoms with E-state index in [9.17, 15) is 19.6 Å². The van der Waals surface area contributed by atoms with E-state index in [0.717, 1.165) is 0 Å². The minimum absolute atomic E-state index is 0.102. The van der Waals surface area contributed by atoms with Crippen molar-refractivity contribution in [2.24, 2.45) is 5.92 Å². The Morgan fingerprint density at radius 1 is 0.909 bits per heavy atom. The summed E-state index contributed by atoms with van der Waals surface area (Å²) in [5.74, 6) is -1.35. The standard InChI is InChI=1S/C23H25N3O7/c1-4-33-23(29)20-17-18(24-30)21(27)25(13-5-9-15(31-2)10-6-13)19(17)22(28)26(20)14-7-11-16(32-3)12-8-14/h5-12,17-20,24,30H,4H2,1-3H3/t17-,18?,19+,20+/m1/s1. The van der Waals surface area contributed by atoms with Gasteiger partial charge in [0.1, 0.15) is 29.6 Å². The first-order chi connectivity index (χ1) is 16.0. The van der Waals surface area contributed by atoms with Crippen molar-refractivity contribution in [3.63, 3.8) is 0 Å². The number of hydrogen-bond donors (Lipinski definition) is 2. The van der Waals surface area contributed by atoms with Crippen LogP contribution in [0.25, 0.3) is 0 Å². The molecule has 0 aromatic heterocycles. The van der Waals surface area contributed by atoms with Crippen molar-refractivity contribution in [2.45, 2.75) is 25.0 Å². The van der Waals surface area contributed by atoms with E-state index in [1.165, 1.54) is 24.0 Å². The topological polar surface area (TPSA) is 118 Å². The van der Waals surface area contributed by atoms with Crippen LogP contribution in [0.3, 0.4) is 0 Å². The maximum Gasteiger partial charge on any atom is 0.329 e. The van der Waals surface area contributed by atoms with Gasteiger partial charge in [-0.3, -0.25) is 19.4 Å². The van der Waals surface area contributed by atoms with Crippen LogP contribution in [-0.2, 0) is 19.1 Å². The van der Waals surface area contributed by atoms with Gasteiger partial charge < -0.3 is 19.4 Å². The smallest absolute Gasteiger partial charge is 0.329 e. The number of nitrogens with one attached hydrogen (secondary N) is 1. The molecule has 4 rings (SSSR count). The summed E-state index contributed by atoms with van der Waals surface area (Å²) in [6.45, 7) is 1.76. The molecule has 4 atom stereocenters. The van der Waals surface area contributed by atoms with Crippen LogP contribution in [0.5, 0.6) is 11.5 Å². The molecule has 174 valence electrons. The molecule has 10 nitrogen and oxygen atoms in total. The maximum absolute atomic E-state index is 13.7. The Hall–Kier alpha value is -3.63. The summed E-state index contributed by atoms with van der Waals surface area (Å²) < 4.78 is 15.6. The number of esters is 1. The van der Waals surface area contributed by atoms with Crippen LogP contribution < -0.4 is 24.8 Å². The third kappa shape index (κ3) is 3.66. The Bertz CT molecular complexity index is 1040. The van der Waals surface area contributed by atoms with Gasteiger partial charge in [0.2, 0.25) is 5.91 Å². The average molecular weight is 455 g/mol. The molecular formula is C23H25N3O7. The molecule has 1 unspecified atom stereocenters. The second-order valence-corrected chi connectivity index (χ2v) is 7.64. The molecule has 2 N–H and O–H groups in total. The number of rotatable bonds is 7. The van der Waals surface area contributed by atoms with E-state index in [-0.39, 0.29) is 6.61 Å². The molecular weight excluding hydrogens is 430 g/mol. The van der Waals surface area contributed by atoms with Crippen LogP contribution in [0.15, 0.2) is 48.5 Å². The summed E-state index contributed by atoms with van der Waals surface area (Å²) >= 11 is 0. The molecule has 2 fully saturated rings. The first-order valence-corrected chi connectivity index (χ1v) is 10.5. The Kier molecular flexibility index (Phi) is 6.21. The number of carbonyl (C=O) groups excluding carboxylic acids is 3. The third-order valence-corrected chi connectivity index (χ3v) is 6.03. The van der Waals surface area contributed by atoms with Crippen molar-refractivity contribution in [3.8, 4) is 11.5 Å². The predicted octanol–water partition coefficient (Wildman–Crippen LogP) is 1.36. The van der Waals surface area contributed by atoms with Gasteiger partial charge in [0.25, 0.3) is 5.91 Å². The molecule has 0 radical (unpaired) electrons. The third-order valence-electron chi connectivity index (χ3n) is 6.03. The fraction of sp³-hybridized carbons (Fsp3) is 0.348. The maximum atomic E-state index is 13.7. The van der Waals surface area contributed by atoms with Gasteiger partial charge in [-0.15, -0.1) is 0 Å². The molecule has 33 heavy (non-hydrogen) atoms. The second-order valence-electron chi connectivity index (χ2n) is 7.64. The van der Waals surface area contributed by atoms with Crippen LogP contribution >= 0.6 is 0 Å². The predicted molar refractivity (Wildman–Crippen MR) is 117 cm³/mol. The van der Waals surface area contributed by atoms with E-state index < -0.39 is 41.8 Å². The normalized spacial score (nSPS) is 24.1. The second kappa shape index (κ2) is 9.08. The number of methoxy groups -OCH3 is 2. The van der Waals surface area contributed by atoms with E-state index in [2.05, 4.69) is 0 Å². The number of nitrogens with zero attached hydrogens (tertiary/aromatic N) is 2. The Labute approximate surface area is 190 Å². The van der Waals surface area contributed by atoms with E-state index >= 15 is 0 Å². The number of hydroxylamine groups is 1. The van der Waals surface area contributed by atoms with Gasteiger partial charge in [-0.25, -0.2) is 4.79 Å². The van der Waals surface area contributed by atoms with Gasteiger partial charge >= 0.3 is 5.97 Å². The van der Waals surface area contributed by atoms with E-state index in [1.54, 1.807) is 55.5 Å². The highest BCUT2D eigenvalue weighted by atomic mass is 16.5. The van der Waals surface area contributed by atoms with Crippen molar-refractivity contribution >= 4 is 29.2 Å². The minimum Gasteiger partial charge on any atom is -0.497 e. The molecule has 2 amide bonds. The first-order valence-electron chi connectivity index (χ1n) is 10.5. The van der Waals surface area contributed by atoms with Crippen molar-refractivity contribution in [1.82, 2.24) is 5.48 Å². The summed E-state index contributed by atoms with van der Waals surface area (Å²) in [5, 5.41) is 9.86. The van der Waals surface area contributed by atoms with Crippen LogP contribution in [-0.4, -0.2) is 61.9 Å². The SMILES string of the molecule is CCOC(=O)[C@@H]1[C@@H]2C(NO)C(=O)N(c3ccc(OC)cc3)[C@@H]2C(=O)N1c1ccc(OC)cc1. The molecule has 10 heteroatoms. The van der Waals surface area contributed by atoms with E-state index in [0.29, 0.717) is 22.9 Å². The van der Waals surface area contributed by atoms with Gasteiger partial charge in [0.05, 0.1) is 20.8 Å². The molecule has 2 aromatic carbocycles. The minimum atomic E-state index is -1.18. The number of hydrogen-bond acceptors (Lipinski definition) is 8. The van der Waals surface area contributed by atoms with Crippen LogP contribution in [0, 0.1) is 5.92 Å². The summed E-state index contributed by atoms with van der Waals surface area (Å²) in [5.41, 5.74) is 2.92. The number of amides is 2. The molecule has 0 saturated carbocycles. The Balaban J connectivity index is 1.81. The van der Waals surface area contributed by atoms with Gasteiger partial charge in [-0.05, 0) is 55.5 Å². The zero-order chi connectivity index (χ0) is 23.7. The quantitative estimate of drug-likeness (QED) is 0.475. The number of benzene rings is 2. The highest BCUT2D eigenvalue weighted by Crippen LogP contribution is 2.43. The monoisotopic (exact) mass is 455 g/mol. The highest BCUT2D eigenvalue weighted by Gasteiger charge is 2.65. The number of fused-ring (bicyclic) bond motifs is 1. The van der Waals surface area contributed by atoms with Gasteiger partial charge in [-0.1, -0.05) is 0 Å². The molecule has 2 aliphatic rings. The van der Waals surface area contributed by atoms with Crippen LogP contribution in [0.4, 0.5) is 11.4 Å². The largest absolute Gasteiger partial charge is 0.497 e. The molecule has 2 heterocycles. The summed E-state index contributed by atoms with van der Waals surface area (Å²) in [6.07, 6.45) is 0. The number of anilines is 2. The van der Waals surface area contributed by atoms with Gasteiger partial charge in [0, 0.05) is 17.3 Å². The lowest BCUT2D eigenvalue weighted by atomic mass is 9.92. The number of carbonyl (C=O) groups is 3. The van der Waals surface area contributed by atoms with Crippen molar-refractivity contribution in [2.75, 3.05) is 30.6 Å². The average Bonchev–Trinajstić information content (AvgIpc) is 3.29. The molecule has 2 aliphatic heterocycles. The summed E-state index contributed by atoms with van der Waals surface area (Å²) in [6, 6.07) is 9.97. The van der Waals surface area contributed by atoms with Crippen molar-refractivity contribution in [3.05, 3.63) is 48.5 Å². The Morgan fingerprint density at radius 3 is 1.88 bits per heavy atom. The zero-order valence-electron chi connectivity index (χ0n) is 18.4. The lowest BCUT2D eigenvalue weighted by Gasteiger charge is -2.28. The molecule has 0 spiro atoms. The fourth-order valence-corrected chi connectivity index (χ4v) is 4.58. The molecule has 2 saturated heterocycles. The number of ether oxygens (including phenoxy) is 3. The highest BCUT2D eigenvalue weighted by molar-refractivity contribution is 6.16. The molecule has 2 aromatic rings. The van der Waals surface area contributed by atoms with E-state index in [1.807, 2.05) is 5.48 Å². The summed E-state index contributed by atoms with van der Waals surface area (Å²) in [7, 11) is 3.05. The lowest BCUT2D eigenvalue weighted by Crippen LogP contribution is -2.51. The first kappa shape index (κ1) is 22.6. The van der Waals surface area contributed by atoms with Crippen molar-refractivity contribution in [1.29, 1.82) is 0 Å². The zero-order valence-corrected chi connectivity index (χ0v) is 18.4. The fourth-order valence-electron chi connectivity index (χ4n) is 4.58. The van der Waals surface area contributed by atoms with Gasteiger partial charge in [0.15, 0.2) is 0 Å². The molecule has 0 bridgehead atoms. The van der Waals surface area contributed by atoms with Crippen LogP contribution in [0.2, 0.25) is 0 Å². The van der Waals surface area contributed by atoms with Gasteiger partial charge in [-0.2, -0.15) is 5.48 Å². The van der Waals surface area contributed by atoms with E-state index in [4.69, 9.17) is 14.2 Å². The van der Waals surface area contributed by atoms with Crippen LogP contribution in [0.1, 0.15) is 6.92 Å². The lowest BCUT2D eigenvalue weighted by molar-refractivity contribution is -0.146. The molecule has 0 aliphatic carbocycles.